The van der Waals surface area contributed by atoms with Gasteiger partial charge in [0.2, 0.25) is 5.78 Å². The molecule has 1 aliphatic heterocycles. The minimum absolute atomic E-state index is 0.159. The zero-order chi connectivity index (χ0) is 18.2. The fourth-order valence-electron chi connectivity index (χ4n) is 2.60. The number of Topliss-reactive ketones (excluding diaryl/α,β-unsaturated/α-hetero) is 1. The van der Waals surface area contributed by atoms with Crippen LogP contribution in [0, 0.1) is 0 Å². The number of benzene rings is 2. The van der Waals surface area contributed by atoms with Crippen molar-refractivity contribution >= 4 is 28.7 Å². The van der Waals surface area contributed by atoms with Crippen LogP contribution in [0.2, 0.25) is 0 Å². The summed E-state index contributed by atoms with van der Waals surface area (Å²) in [5.74, 6) is 0.644. The smallest absolute Gasteiger partial charge is 0.408 e. The highest BCUT2D eigenvalue weighted by Crippen LogP contribution is 2.16. The highest BCUT2D eigenvalue weighted by Gasteiger charge is 2.27. The lowest BCUT2D eigenvalue weighted by atomic mass is 10.0. The van der Waals surface area contributed by atoms with E-state index in [4.69, 9.17) is 4.74 Å². The van der Waals surface area contributed by atoms with Gasteiger partial charge in [0, 0.05) is 18.7 Å². The molecule has 0 aromatic heterocycles. The van der Waals surface area contributed by atoms with Crippen molar-refractivity contribution in [3.8, 4) is 0 Å². The maximum absolute atomic E-state index is 12.7. The van der Waals surface area contributed by atoms with Crippen LogP contribution in [0.3, 0.4) is 0 Å². The first-order valence-corrected chi connectivity index (χ1v) is 9.43. The summed E-state index contributed by atoms with van der Waals surface area (Å²) in [6.07, 6.45) is -0.202. The fourth-order valence-corrected chi connectivity index (χ4v) is 3.44. The minimum atomic E-state index is -0.690. The SMILES string of the molecule is O=C(N[C@@H](Cc1ccccc1)C(=O)C1=NCCS1)OCc1ccccc1. The molecule has 1 N–H and O–H groups in total. The van der Waals surface area contributed by atoms with Crippen molar-refractivity contribution in [2.24, 2.45) is 4.99 Å². The van der Waals surface area contributed by atoms with Gasteiger partial charge in [-0.1, -0.05) is 60.7 Å². The lowest BCUT2D eigenvalue weighted by Crippen LogP contribution is -2.44. The Labute approximate surface area is 156 Å². The van der Waals surface area contributed by atoms with E-state index in [0.29, 0.717) is 18.0 Å². The molecule has 2 aromatic carbocycles. The topological polar surface area (TPSA) is 67.8 Å². The second-order valence-electron chi connectivity index (χ2n) is 5.85. The predicted octanol–water partition coefficient (Wildman–Crippen LogP) is 3.24. The van der Waals surface area contributed by atoms with Gasteiger partial charge in [-0.2, -0.15) is 0 Å². The van der Waals surface area contributed by atoms with Crippen LogP contribution in [0.1, 0.15) is 11.1 Å². The van der Waals surface area contributed by atoms with Crippen molar-refractivity contribution in [3.05, 3.63) is 71.8 Å². The normalized spacial score (nSPS) is 14.4. The number of thioether (sulfide) groups is 1. The number of nitrogens with one attached hydrogen (secondary N) is 1. The second-order valence-corrected chi connectivity index (χ2v) is 6.93. The number of carbonyl (C=O) groups is 2. The molecule has 0 bridgehead atoms. The minimum Gasteiger partial charge on any atom is -0.445 e. The summed E-state index contributed by atoms with van der Waals surface area (Å²) >= 11 is 1.44. The molecule has 0 saturated carbocycles. The molecule has 134 valence electrons. The van der Waals surface area contributed by atoms with Gasteiger partial charge >= 0.3 is 6.09 Å². The van der Waals surface area contributed by atoms with Gasteiger partial charge in [0.05, 0.1) is 0 Å². The third kappa shape index (κ3) is 5.20. The second kappa shape index (κ2) is 9.20. The first-order chi connectivity index (χ1) is 12.7. The van der Waals surface area contributed by atoms with Gasteiger partial charge in [-0.05, 0) is 11.1 Å². The highest BCUT2D eigenvalue weighted by molar-refractivity contribution is 8.16. The van der Waals surface area contributed by atoms with E-state index in [1.54, 1.807) is 0 Å². The maximum atomic E-state index is 12.7. The molecular formula is C20H20N2O3S. The fraction of sp³-hybridized carbons (Fsp3) is 0.250. The largest absolute Gasteiger partial charge is 0.445 e. The lowest BCUT2D eigenvalue weighted by Gasteiger charge is -2.17. The van der Waals surface area contributed by atoms with Gasteiger partial charge in [0.25, 0.3) is 0 Å². The summed E-state index contributed by atoms with van der Waals surface area (Å²) in [4.78, 5) is 29.2. The first kappa shape index (κ1) is 18.2. The van der Waals surface area contributed by atoms with E-state index >= 15 is 0 Å². The van der Waals surface area contributed by atoms with E-state index in [1.165, 1.54) is 11.8 Å². The number of nitrogens with zero attached hydrogens (tertiary/aromatic N) is 1. The number of hydrogen-bond donors (Lipinski definition) is 1. The van der Waals surface area contributed by atoms with E-state index < -0.39 is 12.1 Å². The van der Waals surface area contributed by atoms with Gasteiger partial charge in [-0.3, -0.25) is 9.79 Å². The Hall–Kier alpha value is -2.60. The number of amides is 1. The van der Waals surface area contributed by atoms with Crippen LogP contribution in [-0.2, 0) is 22.6 Å². The molecule has 0 saturated heterocycles. The van der Waals surface area contributed by atoms with Crippen molar-refractivity contribution < 1.29 is 14.3 Å². The number of aliphatic imine (C=N–C) groups is 1. The quantitative estimate of drug-likeness (QED) is 0.815. The Morgan fingerprint density at radius 2 is 1.69 bits per heavy atom. The molecule has 1 atom stereocenters. The van der Waals surface area contributed by atoms with Crippen LogP contribution in [0.5, 0.6) is 0 Å². The average Bonchev–Trinajstić information content (AvgIpc) is 3.22. The Balaban J connectivity index is 1.64. The summed E-state index contributed by atoms with van der Waals surface area (Å²) in [5, 5.41) is 3.19. The summed E-state index contributed by atoms with van der Waals surface area (Å²) in [5.41, 5.74) is 1.86. The van der Waals surface area contributed by atoms with Gasteiger partial charge in [0.15, 0.2) is 0 Å². The molecule has 3 rings (SSSR count). The molecule has 6 heteroatoms. The number of carbonyl (C=O) groups excluding carboxylic acids is 2. The van der Waals surface area contributed by atoms with Gasteiger partial charge in [-0.25, -0.2) is 4.79 Å². The average molecular weight is 368 g/mol. The first-order valence-electron chi connectivity index (χ1n) is 8.45. The standard InChI is InChI=1S/C20H20N2O3S/c23-18(19-21-11-12-26-19)17(13-15-7-3-1-4-8-15)22-20(24)25-14-16-9-5-2-6-10-16/h1-10,17H,11-14H2,(H,22,24)/t17-/m0/s1. The molecule has 0 fully saturated rings. The van der Waals surface area contributed by atoms with Crippen molar-refractivity contribution in [3.63, 3.8) is 0 Å². The molecule has 0 radical (unpaired) electrons. The van der Waals surface area contributed by atoms with Crippen molar-refractivity contribution in [1.82, 2.24) is 5.32 Å². The summed E-state index contributed by atoms with van der Waals surface area (Å²) in [7, 11) is 0. The van der Waals surface area contributed by atoms with Gasteiger partial charge in [-0.15, -0.1) is 11.8 Å². The van der Waals surface area contributed by atoms with E-state index in [9.17, 15) is 9.59 Å². The highest BCUT2D eigenvalue weighted by atomic mass is 32.2. The molecule has 2 aromatic rings. The number of ether oxygens (including phenoxy) is 1. The van der Waals surface area contributed by atoms with Crippen molar-refractivity contribution in [2.75, 3.05) is 12.3 Å². The Bertz CT molecular complexity index is 778. The Morgan fingerprint density at radius 3 is 2.31 bits per heavy atom. The van der Waals surface area contributed by atoms with Crippen LogP contribution < -0.4 is 5.32 Å². The summed E-state index contributed by atoms with van der Waals surface area (Å²) < 4.78 is 5.26. The van der Waals surface area contributed by atoms with E-state index in [1.807, 2.05) is 60.7 Å². The third-order valence-corrected chi connectivity index (χ3v) is 4.89. The number of hydrogen-bond acceptors (Lipinski definition) is 5. The Morgan fingerprint density at radius 1 is 1.04 bits per heavy atom. The summed E-state index contributed by atoms with van der Waals surface area (Å²) in [6.45, 7) is 0.802. The van der Waals surface area contributed by atoms with Gasteiger partial charge in [0.1, 0.15) is 17.7 Å². The van der Waals surface area contributed by atoms with E-state index in [2.05, 4.69) is 10.3 Å². The molecule has 0 unspecified atom stereocenters. The van der Waals surface area contributed by atoms with Crippen LogP contribution in [0.25, 0.3) is 0 Å². The maximum Gasteiger partial charge on any atom is 0.408 e. The molecule has 1 aliphatic rings. The zero-order valence-corrected chi connectivity index (χ0v) is 15.1. The monoisotopic (exact) mass is 368 g/mol. The number of rotatable bonds is 7. The summed E-state index contributed by atoms with van der Waals surface area (Å²) in [6, 6.07) is 18.3. The van der Waals surface area contributed by atoms with Crippen LogP contribution in [0.4, 0.5) is 4.79 Å². The molecular weight excluding hydrogens is 348 g/mol. The molecule has 0 aliphatic carbocycles. The molecule has 1 amide bonds. The molecule has 1 heterocycles. The predicted molar refractivity (Wildman–Crippen MR) is 103 cm³/mol. The lowest BCUT2D eigenvalue weighted by molar-refractivity contribution is -0.114. The molecule has 5 nitrogen and oxygen atoms in total. The number of alkyl carbamates (subject to hydrolysis) is 1. The van der Waals surface area contributed by atoms with Crippen molar-refractivity contribution in [1.29, 1.82) is 0 Å². The van der Waals surface area contributed by atoms with Crippen molar-refractivity contribution in [2.45, 2.75) is 19.1 Å². The molecule has 0 spiro atoms. The van der Waals surface area contributed by atoms with E-state index in [0.717, 1.165) is 16.9 Å². The zero-order valence-electron chi connectivity index (χ0n) is 14.3. The number of ketones is 1. The molecule has 26 heavy (non-hydrogen) atoms. The van der Waals surface area contributed by atoms with Crippen LogP contribution in [0.15, 0.2) is 65.7 Å². The van der Waals surface area contributed by atoms with Crippen LogP contribution in [-0.4, -0.2) is 35.3 Å². The van der Waals surface area contributed by atoms with E-state index in [-0.39, 0.29) is 12.4 Å². The third-order valence-electron chi connectivity index (χ3n) is 3.90. The van der Waals surface area contributed by atoms with Crippen LogP contribution >= 0.6 is 11.8 Å². The Kier molecular flexibility index (Phi) is 6.44. The van der Waals surface area contributed by atoms with Gasteiger partial charge < -0.3 is 10.1 Å².